The van der Waals surface area contributed by atoms with E-state index in [1.54, 1.807) is 13.8 Å². The first-order valence-electron chi connectivity index (χ1n) is 11.0. The van der Waals surface area contributed by atoms with E-state index in [9.17, 15) is 24.3 Å². The van der Waals surface area contributed by atoms with Crippen molar-refractivity contribution in [3.8, 4) is 0 Å². The van der Waals surface area contributed by atoms with Crippen LogP contribution in [0.2, 0.25) is 0 Å². The van der Waals surface area contributed by atoms with Crippen LogP contribution in [-0.4, -0.2) is 96.5 Å². The summed E-state index contributed by atoms with van der Waals surface area (Å²) in [6.07, 6.45) is -11.4. The number of ether oxygens (including phenoxy) is 7. The van der Waals surface area contributed by atoms with Crippen LogP contribution < -0.4 is 5.32 Å². The summed E-state index contributed by atoms with van der Waals surface area (Å²) < 4.78 is 37.9. The lowest BCUT2D eigenvalue weighted by molar-refractivity contribution is -0.243. The molecule has 0 saturated carbocycles. The van der Waals surface area contributed by atoms with Crippen molar-refractivity contribution >= 4 is 23.8 Å². The number of carbonyl (C=O) groups excluding carboxylic acids is 4. The van der Waals surface area contributed by atoms with Crippen molar-refractivity contribution in [1.29, 1.82) is 0 Å². The van der Waals surface area contributed by atoms with Crippen LogP contribution in [0.1, 0.15) is 34.6 Å². The molecule has 0 aliphatic carbocycles. The summed E-state index contributed by atoms with van der Waals surface area (Å²) in [6.45, 7) is 6.30. The zero-order chi connectivity index (χ0) is 26.8. The number of nitrogens with one attached hydrogen (secondary N) is 1. The third kappa shape index (κ3) is 6.21. The SMILES string of the molecule is CC(=O)OC1[C@H](N=[N+]=[N-])OC(C(=O)NC[C@H]2OC(O)C3OC(C)(C)O[C@@H]32)[C@@H](OC(C)=O)[C@@H]1OC(C)=O. The number of aliphatic hydroxyl groups is 1. The molecule has 4 unspecified atom stereocenters. The predicted molar refractivity (Wildman–Crippen MR) is 112 cm³/mol. The lowest BCUT2D eigenvalue weighted by atomic mass is 9.96. The molecule has 0 bridgehead atoms. The standard InChI is InChI=1S/C20H28N4O12/c1-7(25)30-12-13(31-8(2)26)15(32-9(3)27)18(23-24-21)34-14(12)17(28)22-6-10-11-16(19(29)33-10)36-20(4,5)35-11/h10-16,18-19,29H,6H2,1-5H3,(H,22,28)/t10-,11-,12+,13+,14?,15?,16?,18-,19?/m1/s1. The molecule has 2 N–H and O–H groups in total. The van der Waals surface area contributed by atoms with Gasteiger partial charge in [0.2, 0.25) is 0 Å². The molecular weight excluding hydrogens is 488 g/mol. The molecule has 16 heteroatoms. The average Bonchev–Trinajstić information content (AvgIpc) is 3.22. The Morgan fingerprint density at radius 2 is 1.50 bits per heavy atom. The second-order valence-corrected chi connectivity index (χ2v) is 8.75. The lowest BCUT2D eigenvalue weighted by Gasteiger charge is -2.42. The Morgan fingerprint density at radius 3 is 2.08 bits per heavy atom. The second kappa shape index (κ2) is 10.9. The zero-order valence-electron chi connectivity index (χ0n) is 20.2. The van der Waals surface area contributed by atoms with Crippen molar-refractivity contribution in [3.05, 3.63) is 10.4 Å². The van der Waals surface area contributed by atoms with E-state index >= 15 is 0 Å². The van der Waals surface area contributed by atoms with Crippen molar-refractivity contribution in [2.24, 2.45) is 5.11 Å². The van der Waals surface area contributed by atoms with Crippen LogP contribution in [0.25, 0.3) is 10.4 Å². The number of esters is 3. The van der Waals surface area contributed by atoms with Gasteiger partial charge >= 0.3 is 17.9 Å². The Balaban J connectivity index is 1.82. The molecule has 0 aromatic carbocycles. The average molecular weight is 516 g/mol. The van der Waals surface area contributed by atoms with Crippen LogP contribution in [0.3, 0.4) is 0 Å². The van der Waals surface area contributed by atoms with Gasteiger partial charge in [0.25, 0.3) is 5.91 Å². The van der Waals surface area contributed by atoms with Gasteiger partial charge in [-0.3, -0.25) is 19.2 Å². The fraction of sp³-hybridized carbons (Fsp3) is 0.800. The Labute approximate surface area is 205 Å². The van der Waals surface area contributed by atoms with Crippen LogP contribution in [0.15, 0.2) is 5.11 Å². The van der Waals surface area contributed by atoms with Gasteiger partial charge in [-0.25, -0.2) is 0 Å². The van der Waals surface area contributed by atoms with Crippen LogP contribution >= 0.6 is 0 Å². The van der Waals surface area contributed by atoms with E-state index in [4.69, 9.17) is 38.7 Å². The Hall–Kier alpha value is -3.01. The molecule has 0 aromatic rings. The highest BCUT2D eigenvalue weighted by molar-refractivity contribution is 5.82. The van der Waals surface area contributed by atoms with Crippen LogP contribution in [0.5, 0.6) is 0 Å². The van der Waals surface area contributed by atoms with E-state index in [2.05, 4.69) is 15.3 Å². The number of hydrogen-bond acceptors (Lipinski definition) is 13. The molecule has 1 amide bonds. The van der Waals surface area contributed by atoms with Crippen molar-refractivity contribution in [2.45, 2.75) is 95.7 Å². The van der Waals surface area contributed by atoms with E-state index < -0.39 is 84.8 Å². The highest BCUT2D eigenvalue weighted by Gasteiger charge is 2.56. The van der Waals surface area contributed by atoms with Gasteiger partial charge in [-0.2, -0.15) is 0 Å². The molecule has 3 aliphatic rings. The summed E-state index contributed by atoms with van der Waals surface area (Å²) in [6, 6.07) is 0. The minimum atomic E-state index is -1.65. The topological polar surface area (TPSA) is 214 Å². The number of fused-ring (bicyclic) bond motifs is 1. The van der Waals surface area contributed by atoms with Gasteiger partial charge in [-0.05, 0) is 19.4 Å². The van der Waals surface area contributed by atoms with Gasteiger partial charge < -0.3 is 43.6 Å². The number of aliphatic hydroxyl groups excluding tert-OH is 1. The third-order valence-corrected chi connectivity index (χ3v) is 5.45. The van der Waals surface area contributed by atoms with Crippen LogP contribution in [0, 0.1) is 0 Å². The molecule has 16 nitrogen and oxygen atoms in total. The molecule has 3 saturated heterocycles. The first kappa shape index (κ1) is 27.6. The maximum Gasteiger partial charge on any atom is 0.303 e. The predicted octanol–water partition coefficient (Wildman–Crippen LogP) is -0.830. The Bertz CT molecular complexity index is 938. The van der Waals surface area contributed by atoms with E-state index in [1.165, 1.54) is 0 Å². The van der Waals surface area contributed by atoms with Gasteiger partial charge in [0.1, 0.15) is 18.3 Å². The number of carbonyl (C=O) groups is 4. The number of rotatable bonds is 7. The number of azide groups is 1. The molecule has 3 heterocycles. The van der Waals surface area contributed by atoms with Crippen molar-refractivity contribution in [3.63, 3.8) is 0 Å². The van der Waals surface area contributed by atoms with Crippen LogP contribution in [-0.2, 0) is 52.3 Å². The monoisotopic (exact) mass is 516 g/mol. The first-order valence-corrected chi connectivity index (χ1v) is 11.0. The van der Waals surface area contributed by atoms with Crippen LogP contribution in [0.4, 0.5) is 0 Å². The number of hydrogen-bond donors (Lipinski definition) is 2. The largest absolute Gasteiger partial charge is 0.455 e. The van der Waals surface area contributed by atoms with E-state index in [0.717, 1.165) is 20.8 Å². The highest BCUT2D eigenvalue weighted by atomic mass is 16.8. The normalized spacial score (nSPS) is 36.7. The fourth-order valence-electron chi connectivity index (χ4n) is 4.27. The lowest BCUT2D eigenvalue weighted by Crippen LogP contribution is -2.64. The molecule has 36 heavy (non-hydrogen) atoms. The minimum absolute atomic E-state index is 0.180. The summed E-state index contributed by atoms with van der Waals surface area (Å²) in [5.74, 6) is -4.38. The summed E-state index contributed by atoms with van der Waals surface area (Å²) in [7, 11) is 0. The molecule has 200 valence electrons. The Morgan fingerprint density at radius 1 is 0.944 bits per heavy atom. The van der Waals surface area contributed by atoms with Gasteiger partial charge in [0, 0.05) is 32.2 Å². The van der Waals surface area contributed by atoms with Crippen molar-refractivity contribution < 1.29 is 57.4 Å². The quantitative estimate of drug-likeness (QED) is 0.139. The second-order valence-electron chi connectivity index (χ2n) is 8.75. The number of nitrogens with zero attached hydrogens (tertiary/aromatic N) is 3. The van der Waals surface area contributed by atoms with Crippen molar-refractivity contribution in [1.82, 2.24) is 5.32 Å². The summed E-state index contributed by atoms with van der Waals surface area (Å²) in [4.78, 5) is 51.0. The maximum absolute atomic E-state index is 13.2. The maximum atomic E-state index is 13.2. The molecule has 3 fully saturated rings. The fourth-order valence-corrected chi connectivity index (χ4v) is 4.27. The molecule has 0 aromatic heterocycles. The number of amides is 1. The molecular formula is C20H28N4O12. The highest BCUT2D eigenvalue weighted by Crippen LogP contribution is 2.37. The summed E-state index contributed by atoms with van der Waals surface area (Å²) in [5.41, 5.74) is 8.95. The zero-order valence-corrected chi connectivity index (χ0v) is 20.2. The van der Waals surface area contributed by atoms with E-state index in [0.29, 0.717) is 0 Å². The summed E-state index contributed by atoms with van der Waals surface area (Å²) in [5, 5.41) is 16.1. The van der Waals surface area contributed by atoms with Gasteiger partial charge in [-0.15, -0.1) is 0 Å². The van der Waals surface area contributed by atoms with Gasteiger partial charge in [-0.1, -0.05) is 5.11 Å². The molecule has 0 radical (unpaired) electrons. The molecule has 3 rings (SSSR count). The molecule has 0 spiro atoms. The molecule has 3 aliphatic heterocycles. The summed E-state index contributed by atoms with van der Waals surface area (Å²) >= 11 is 0. The first-order chi connectivity index (χ1) is 16.8. The van der Waals surface area contributed by atoms with Gasteiger partial charge in [0.05, 0.1) is 0 Å². The van der Waals surface area contributed by atoms with Gasteiger partial charge in [0.15, 0.2) is 42.7 Å². The van der Waals surface area contributed by atoms with E-state index in [1.807, 2.05) is 0 Å². The minimum Gasteiger partial charge on any atom is -0.455 e. The Kier molecular flexibility index (Phi) is 8.38. The third-order valence-electron chi connectivity index (χ3n) is 5.45. The molecule has 9 atom stereocenters. The van der Waals surface area contributed by atoms with Crippen molar-refractivity contribution in [2.75, 3.05) is 6.54 Å². The van der Waals surface area contributed by atoms with E-state index in [-0.39, 0.29) is 6.54 Å². The smallest absolute Gasteiger partial charge is 0.303 e.